The number of ether oxygens (including phenoxy) is 1. The number of rotatable bonds is 6. The number of sulfonamides is 1. The van der Waals surface area contributed by atoms with Gasteiger partial charge in [0.05, 0.1) is 12.0 Å². The first-order valence-corrected chi connectivity index (χ1v) is 11.3. The summed E-state index contributed by atoms with van der Waals surface area (Å²) in [5.41, 5.74) is 2.00. The topological polar surface area (TPSA) is 66.9 Å². The highest BCUT2D eigenvalue weighted by molar-refractivity contribution is 7.89. The van der Waals surface area contributed by atoms with Crippen molar-refractivity contribution in [3.8, 4) is 5.75 Å². The van der Waals surface area contributed by atoms with Gasteiger partial charge >= 0.3 is 0 Å². The molecule has 0 spiro atoms. The molecule has 0 aromatic heterocycles. The van der Waals surface area contributed by atoms with Gasteiger partial charge in [0, 0.05) is 32.2 Å². The molecule has 7 heteroatoms. The number of nitrogens with zero attached hydrogens (tertiary/aromatic N) is 2. The standard InChI is InChI=1S/C22H28N2O4S/c1-17-7-10-19(15-21(17)29(26,27)24-13-5-4-6-14-24)22(25)23(2)16-18-8-11-20(28-3)12-9-18/h7-12,15H,4-6,13-14,16H2,1-3H3. The minimum atomic E-state index is -3.59. The molecule has 0 saturated carbocycles. The number of hydrogen-bond acceptors (Lipinski definition) is 4. The number of methoxy groups -OCH3 is 1. The van der Waals surface area contributed by atoms with Crippen LogP contribution in [0.15, 0.2) is 47.4 Å². The number of benzene rings is 2. The van der Waals surface area contributed by atoms with E-state index in [2.05, 4.69) is 0 Å². The van der Waals surface area contributed by atoms with Gasteiger partial charge < -0.3 is 9.64 Å². The normalized spacial score (nSPS) is 15.1. The lowest BCUT2D eigenvalue weighted by atomic mass is 10.1. The summed E-state index contributed by atoms with van der Waals surface area (Å²) in [7, 11) is -0.270. The Morgan fingerprint density at radius 1 is 1.07 bits per heavy atom. The van der Waals surface area contributed by atoms with Gasteiger partial charge in [-0.3, -0.25) is 4.79 Å². The van der Waals surface area contributed by atoms with Crippen LogP contribution in [-0.4, -0.2) is 50.8 Å². The Labute approximate surface area is 173 Å². The van der Waals surface area contributed by atoms with E-state index in [1.54, 1.807) is 38.1 Å². The lowest BCUT2D eigenvalue weighted by Crippen LogP contribution is -2.36. The van der Waals surface area contributed by atoms with E-state index < -0.39 is 10.0 Å². The predicted molar refractivity (Wildman–Crippen MR) is 113 cm³/mol. The van der Waals surface area contributed by atoms with Gasteiger partial charge in [-0.05, 0) is 55.2 Å². The molecule has 0 aliphatic carbocycles. The molecule has 0 N–H and O–H groups in total. The Morgan fingerprint density at radius 2 is 1.72 bits per heavy atom. The lowest BCUT2D eigenvalue weighted by molar-refractivity contribution is 0.0785. The molecule has 3 rings (SSSR count). The summed E-state index contributed by atoms with van der Waals surface area (Å²) in [6.45, 7) is 3.27. The first-order chi connectivity index (χ1) is 13.8. The maximum atomic E-state index is 13.1. The van der Waals surface area contributed by atoms with Crippen LogP contribution in [0.3, 0.4) is 0 Å². The third kappa shape index (κ3) is 4.79. The van der Waals surface area contributed by atoms with Crippen LogP contribution in [0.25, 0.3) is 0 Å². The van der Waals surface area contributed by atoms with Crippen molar-refractivity contribution in [3.05, 3.63) is 59.2 Å². The molecule has 1 aliphatic heterocycles. The summed E-state index contributed by atoms with van der Waals surface area (Å²) in [6, 6.07) is 12.4. The second kappa shape index (κ2) is 8.97. The van der Waals surface area contributed by atoms with Crippen molar-refractivity contribution < 1.29 is 17.9 Å². The van der Waals surface area contributed by atoms with Gasteiger partial charge in [0.25, 0.3) is 5.91 Å². The molecule has 2 aromatic rings. The third-order valence-electron chi connectivity index (χ3n) is 5.29. The third-order valence-corrected chi connectivity index (χ3v) is 7.33. The first-order valence-electron chi connectivity index (χ1n) is 9.82. The number of amides is 1. The Kier molecular flexibility index (Phi) is 6.59. The van der Waals surface area contributed by atoms with Crippen LogP contribution in [-0.2, 0) is 16.6 Å². The average molecular weight is 417 g/mol. The number of hydrogen-bond donors (Lipinski definition) is 0. The zero-order chi connectivity index (χ0) is 21.0. The van der Waals surface area contributed by atoms with Gasteiger partial charge in [-0.2, -0.15) is 4.31 Å². The Morgan fingerprint density at radius 3 is 2.34 bits per heavy atom. The Hall–Kier alpha value is -2.38. The molecular formula is C22H28N2O4S. The van der Waals surface area contributed by atoms with E-state index in [1.165, 1.54) is 10.4 Å². The molecule has 0 unspecified atom stereocenters. The number of carbonyl (C=O) groups is 1. The average Bonchev–Trinajstić information content (AvgIpc) is 2.74. The van der Waals surface area contributed by atoms with Gasteiger partial charge in [-0.15, -0.1) is 0 Å². The fourth-order valence-corrected chi connectivity index (χ4v) is 5.32. The summed E-state index contributed by atoms with van der Waals surface area (Å²) >= 11 is 0. The molecule has 1 aliphatic rings. The Bertz CT molecular complexity index is 965. The summed E-state index contributed by atoms with van der Waals surface area (Å²) in [5.74, 6) is 0.546. The highest BCUT2D eigenvalue weighted by Crippen LogP contribution is 2.25. The molecular weight excluding hydrogens is 388 g/mol. The van der Waals surface area contributed by atoms with E-state index in [1.807, 2.05) is 24.3 Å². The number of aryl methyl sites for hydroxylation is 1. The molecule has 1 saturated heterocycles. The number of carbonyl (C=O) groups excluding carboxylic acids is 1. The molecule has 2 aromatic carbocycles. The molecule has 6 nitrogen and oxygen atoms in total. The zero-order valence-corrected chi connectivity index (χ0v) is 18.0. The summed E-state index contributed by atoms with van der Waals surface area (Å²) in [5, 5.41) is 0. The van der Waals surface area contributed by atoms with Gasteiger partial charge in [0.15, 0.2) is 0 Å². The fraction of sp³-hybridized carbons (Fsp3) is 0.409. The van der Waals surface area contributed by atoms with Crippen molar-refractivity contribution in [2.45, 2.75) is 37.6 Å². The second-order valence-corrected chi connectivity index (χ2v) is 9.36. The van der Waals surface area contributed by atoms with Crippen molar-refractivity contribution in [1.29, 1.82) is 0 Å². The summed E-state index contributed by atoms with van der Waals surface area (Å²) in [6.07, 6.45) is 2.81. The van der Waals surface area contributed by atoms with Crippen LogP contribution in [0, 0.1) is 6.92 Å². The van der Waals surface area contributed by atoms with E-state index in [-0.39, 0.29) is 10.8 Å². The molecule has 29 heavy (non-hydrogen) atoms. The lowest BCUT2D eigenvalue weighted by Gasteiger charge is -2.27. The van der Waals surface area contributed by atoms with Gasteiger partial charge in [-0.1, -0.05) is 24.6 Å². The molecule has 0 radical (unpaired) electrons. The fourth-order valence-electron chi connectivity index (χ4n) is 3.55. The van der Waals surface area contributed by atoms with Crippen LogP contribution < -0.4 is 4.74 Å². The number of piperidine rings is 1. The van der Waals surface area contributed by atoms with Crippen molar-refractivity contribution in [1.82, 2.24) is 9.21 Å². The highest BCUT2D eigenvalue weighted by Gasteiger charge is 2.28. The molecule has 1 amide bonds. The van der Waals surface area contributed by atoms with Gasteiger partial charge in [-0.25, -0.2) is 8.42 Å². The van der Waals surface area contributed by atoms with Crippen LogP contribution in [0.4, 0.5) is 0 Å². The maximum Gasteiger partial charge on any atom is 0.253 e. The van der Waals surface area contributed by atoms with E-state index in [0.29, 0.717) is 30.8 Å². The van der Waals surface area contributed by atoms with Crippen LogP contribution in [0.5, 0.6) is 5.75 Å². The van der Waals surface area contributed by atoms with E-state index in [0.717, 1.165) is 30.6 Å². The zero-order valence-electron chi connectivity index (χ0n) is 17.2. The highest BCUT2D eigenvalue weighted by atomic mass is 32.2. The summed E-state index contributed by atoms with van der Waals surface area (Å²) < 4.78 is 32.9. The largest absolute Gasteiger partial charge is 0.497 e. The van der Waals surface area contributed by atoms with E-state index >= 15 is 0 Å². The SMILES string of the molecule is COc1ccc(CN(C)C(=O)c2ccc(C)c(S(=O)(=O)N3CCCCC3)c2)cc1. The van der Waals surface area contributed by atoms with E-state index in [9.17, 15) is 13.2 Å². The van der Waals surface area contributed by atoms with Crippen LogP contribution >= 0.6 is 0 Å². The second-order valence-electron chi connectivity index (χ2n) is 7.45. The minimum absolute atomic E-state index is 0.212. The quantitative estimate of drug-likeness (QED) is 0.723. The maximum absolute atomic E-state index is 13.1. The Balaban J connectivity index is 1.81. The molecule has 156 valence electrons. The molecule has 0 atom stereocenters. The monoisotopic (exact) mass is 416 g/mol. The van der Waals surface area contributed by atoms with Crippen LogP contribution in [0.2, 0.25) is 0 Å². The molecule has 1 fully saturated rings. The molecule has 1 heterocycles. The minimum Gasteiger partial charge on any atom is -0.497 e. The van der Waals surface area contributed by atoms with Crippen molar-refractivity contribution in [3.63, 3.8) is 0 Å². The van der Waals surface area contributed by atoms with Crippen molar-refractivity contribution >= 4 is 15.9 Å². The first kappa shape index (κ1) is 21.3. The summed E-state index contributed by atoms with van der Waals surface area (Å²) in [4.78, 5) is 14.7. The van der Waals surface area contributed by atoms with Crippen molar-refractivity contribution in [2.75, 3.05) is 27.2 Å². The molecule has 0 bridgehead atoms. The predicted octanol–water partition coefficient (Wildman–Crippen LogP) is 3.45. The van der Waals surface area contributed by atoms with Crippen molar-refractivity contribution in [2.24, 2.45) is 0 Å². The van der Waals surface area contributed by atoms with Gasteiger partial charge in [0.2, 0.25) is 10.0 Å². The smallest absolute Gasteiger partial charge is 0.253 e. The van der Waals surface area contributed by atoms with Crippen LogP contribution in [0.1, 0.15) is 40.7 Å². The van der Waals surface area contributed by atoms with Gasteiger partial charge in [0.1, 0.15) is 5.75 Å². The van der Waals surface area contributed by atoms with E-state index in [4.69, 9.17) is 4.74 Å².